The summed E-state index contributed by atoms with van der Waals surface area (Å²) in [6, 6.07) is 7.41. The second-order valence-corrected chi connectivity index (χ2v) is 4.75. The van der Waals surface area contributed by atoms with Crippen molar-refractivity contribution in [2.75, 3.05) is 19.0 Å². The van der Waals surface area contributed by atoms with E-state index in [1.807, 2.05) is 24.3 Å². The number of carbonyl (C=O) groups is 1. The summed E-state index contributed by atoms with van der Waals surface area (Å²) in [7, 11) is 1.61. The number of nitrogens with two attached hydrogens (primary N) is 1. The molecule has 1 fully saturated rings. The first-order chi connectivity index (χ1) is 8.74. The fourth-order valence-corrected chi connectivity index (χ4v) is 2.60. The van der Waals surface area contributed by atoms with Crippen molar-refractivity contribution < 1.29 is 9.53 Å². The van der Waals surface area contributed by atoms with Gasteiger partial charge in [-0.2, -0.15) is 0 Å². The maximum atomic E-state index is 12.2. The largest absolute Gasteiger partial charge is 0.497 e. The van der Waals surface area contributed by atoms with E-state index in [1.165, 1.54) is 0 Å². The molecule has 106 valence electrons. The monoisotopic (exact) mass is 284 g/mol. The number of methoxy groups -OCH3 is 1. The molecule has 0 spiro atoms. The Morgan fingerprint density at radius 1 is 1.47 bits per heavy atom. The van der Waals surface area contributed by atoms with Crippen molar-refractivity contribution in [2.24, 2.45) is 17.6 Å². The molecule has 1 amide bonds. The lowest BCUT2D eigenvalue weighted by Crippen LogP contribution is -2.29. The highest BCUT2D eigenvalue weighted by molar-refractivity contribution is 5.93. The van der Waals surface area contributed by atoms with Gasteiger partial charge in [-0.05, 0) is 37.4 Å². The van der Waals surface area contributed by atoms with Gasteiger partial charge in [0.25, 0.3) is 0 Å². The van der Waals surface area contributed by atoms with Gasteiger partial charge in [0.15, 0.2) is 0 Å². The number of amides is 1. The van der Waals surface area contributed by atoms with E-state index in [-0.39, 0.29) is 24.2 Å². The number of nitrogens with one attached hydrogen (secondary N) is 1. The number of carbonyl (C=O) groups excluding carboxylic acids is 1. The standard InChI is InChI=1S/C14H20N2O2.ClH/c1-18-12-6-3-5-11(8-12)16-14(17)13-7-2-4-10(13)9-15;/h3,5-6,8,10,13H,2,4,7,9,15H2,1H3,(H,16,17);1H/t10-,13-;/m1./s1. The van der Waals surface area contributed by atoms with Crippen molar-refractivity contribution in [3.8, 4) is 5.75 Å². The molecule has 2 atom stereocenters. The van der Waals surface area contributed by atoms with Crippen LogP contribution >= 0.6 is 12.4 Å². The molecule has 0 radical (unpaired) electrons. The maximum Gasteiger partial charge on any atom is 0.227 e. The van der Waals surface area contributed by atoms with Gasteiger partial charge in [0.05, 0.1) is 7.11 Å². The molecule has 0 saturated heterocycles. The van der Waals surface area contributed by atoms with Crippen molar-refractivity contribution >= 4 is 24.0 Å². The van der Waals surface area contributed by atoms with Crippen LogP contribution in [0.15, 0.2) is 24.3 Å². The molecule has 1 aromatic rings. The Hall–Kier alpha value is -1.26. The van der Waals surface area contributed by atoms with Crippen LogP contribution in [0, 0.1) is 11.8 Å². The quantitative estimate of drug-likeness (QED) is 0.892. The zero-order chi connectivity index (χ0) is 13.0. The van der Waals surface area contributed by atoms with Gasteiger partial charge in [-0.25, -0.2) is 0 Å². The smallest absolute Gasteiger partial charge is 0.227 e. The highest BCUT2D eigenvalue weighted by Gasteiger charge is 2.31. The molecule has 1 aliphatic carbocycles. The molecule has 4 nitrogen and oxygen atoms in total. The van der Waals surface area contributed by atoms with Gasteiger partial charge in [0, 0.05) is 17.7 Å². The number of benzene rings is 1. The lowest BCUT2D eigenvalue weighted by Gasteiger charge is -2.17. The zero-order valence-electron chi connectivity index (χ0n) is 11.1. The third kappa shape index (κ3) is 3.85. The summed E-state index contributed by atoms with van der Waals surface area (Å²) in [5.74, 6) is 1.21. The molecule has 0 bridgehead atoms. The third-order valence-corrected chi connectivity index (χ3v) is 3.64. The molecule has 1 saturated carbocycles. The summed E-state index contributed by atoms with van der Waals surface area (Å²) < 4.78 is 5.13. The molecule has 0 aliphatic heterocycles. The topological polar surface area (TPSA) is 64.3 Å². The lowest BCUT2D eigenvalue weighted by molar-refractivity contribution is -0.120. The summed E-state index contributed by atoms with van der Waals surface area (Å²) in [5.41, 5.74) is 6.48. The highest BCUT2D eigenvalue weighted by Crippen LogP contribution is 2.32. The maximum absolute atomic E-state index is 12.2. The van der Waals surface area contributed by atoms with Crippen LogP contribution in [0.5, 0.6) is 5.75 Å². The van der Waals surface area contributed by atoms with E-state index in [2.05, 4.69) is 5.32 Å². The molecule has 1 aliphatic rings. The Balaban J connectivity index is 0.00000180. The Kier molecular flexibility index (Phi) is 6.12. The first-order valence-corrected chi connectivity index (χ1v) is 6.39. The van der Waals surface area contributed by atoms with Crippen LogP contribution in [0.4, 0.5) is 5.69 Å². The van der Waals surface area contributed by atoms with Gasteiger partial charge in [0.1, 0.15) is 5.75 Å². The van der Waals surface area contributed by atoms with Crippen LogP contribution in [-0.2, 0) is 4.79 Å². The minimum absolute atomic E-state index is 0. The van der Waals surface area contributed by atoms with E-state index in [1.54, 1.807) is 7.11 Å². The summed E-state index contributed by atoms with van der Waals surface area (Å²) in [6.07, 6.45) is 3.10. The molecule has 0 aromatic heterocycles. The molecule has 19 heavy (non-hydrogen) atoms. The van der Waals surface area contributed by atoms with Crippen molar-refractivity contribution in [1.82, 2.24) is 0 Å². The predicted octanol–water partition coefficient (Wildman–Crippen LogP) is 2.43. The van der Waals surface area contributed by atoms with E-state index >= 15 is 0 Å². The minimum atomic E-state index is 0. The Morgan fingerprint density at radius 3 is 2.95 bits per heavy atom. The molecule has 0 heterocycles. The molecule has 0 unspecified atom stereocenters. The Morgan fingerprint density at radius 2 is 2.26 bits per heavy atom. The normalized spacial score (nSPS) is 21.6. The number of hydrogen-bond donors (Lipinski definition) is 2. The van der Waals surface area contributed by atoms with E-state index in [9.17, 15) is 4.79 Å². The fourth-order valence-electron chi connectivity index (χ4n) is 2.60. The van der Waals surface area contributed by atoms with Crippen LogP contribution in [0.3, 0.4) is 0 Å². The van der Waals surface area contributed by atoms with Gasteiger partial charge in [0.2, 0.25) is 5.91 Å². The van der Waals surface area contributed by atoms with Crippen LogP contribution < -0.4 is 15.8 Å². The first kappa shape index (κ1) is 15.8. The van der Waals surface area contributed by atoms with Gasteiger partial charge in [-0.1, -0.05) is 12.5 Å². The first-order valence-electron chi connectivity index (χ1n) is 6.39. The summed E-state index contributed by atoms with van der Waals surface area (Å²) >= 11 is 0. The van der Waals surface area contributed by atoms with Crippen LogP contribution in [0.1, 0.15) is 19.3 Å². The highest BCUT2D eigenvalue weighted by atomic mass is 35.5. The average Bonchev–Trinajstić information content (AvgIpc) is 2.87. The van der Waals surface area contributed by atoms with E-state index in [0.29, 0.717) is 12.5 Å². The van der Waals surface area contributed by atoms with Crippen LogP contribution in [-0.4, -0.2) is 19.6 Å². The fraction of sp³-hybridized carbons (Fsp3) is 0.500. The van der Waals surface area contributed by atoms with Crippen LogP contribution in [0.2, 0.25) is 0 Å². The number of halogens is 1. The summed E-state index contributed by atoms with van der Waals surface area (Å²) in [5, 5.41) is 2.95. The van der Waals surface area contributed by atoms with Gasteiger partial charge in [-0.15, -0.1) is 12.4 Å². The molecule has 1 aromatic carbocycles. The third-order valence-electron chi connectivity index (χ3n) is 3.64. The van der Waals surface area contributed by atoms with Gasteiger partial charge in [-0.3, -0.25) is 4.79 Å². The second kappa shape index (κ2) is 7.36. The van der Waals surface area contributed by atoms with Crippen molar-refractivity contribution in [3.63, 3.8) is 0 Å². The molecule has 5 heteroatoms. The van der Waals surface area contributed by atoms with Gasteiger partial charge < -0.3 is 15.8 Å². The lowest BCUT2D eigenvalue weighted by atomic mass is 9.95. The number of rotatable bonds is 4. The van der Waals surface area contributed by atoms with Gasteiger partial charge >= 0.3 is 0 Å². The van der Waals surface area contributed by atoms with E-state index < -0.39 is 0 Å². The van der Waals surface area contributed by atoms with Crippen molar-refractivity contribution in [3.05, 3.63) is 24.3 Å². The summed E-state index contributed by atoms with van der Waals surface area (Å²) in [6.45, 7) is 0.593. The SMILES string of the molecule is COc1cccc(NC(=O)[C@@H]2CCC[C@@H]2CN)c1.Cl. The minimum Gasteiger partial charge on any atom is -0.497 e. The second-order valence-electron chi connectivity index (χ2n) is 4.75. The number of ether oxygens (including phenoxy) is 1. The molecular weight excluding hydrogens is 264 g/mol. The summed E-state index contributed by atoms with van der Waals surface area (Å²) in [4.78, 5) is 12.2. The predicted molar refractivity (Wildman–Crippen MR) is 78.8 cm³/mol. The Labute approximate surface area is 120 Å². The number of anilines is 1. The molecule has 2 rings (SSSR count). The van der Waals surface area contributed by atoms with E-state index in [0.717, 1.165) is 30.7 Å². The molecular formula is C14H21ClN2O2. The van der Waals surface area contributed by atoms with E-state index in [4.69, 9.17) is 10.5 Å². The zero-order valence-corrected chi connectivity index (χ0v) is 11.9. The molecule has 3 N–H and O–H groups in total. The Bertz CT molecular complexity index is 426. The average molecular weight is 285 g/mol. The van der Waals surface area contributed by atoms with Crippen LogP contribution in [0.25, 0.3) is 0 Å². The van der Waals surface area contributed by atoms with Crippen molar-refractivity contribution in [2.45, 2.75) is 19.3 Å². The number of hydrogen-bond acceptors (Lipinski definition) is 3. The van der Waals surface area contributed by atoms with Crippen molar-refractivity contribution in [1.29, 1.82) is 0 Å².